The molecule has 0 spiro atoms. The van der Waals surface area contributed by atoms with E-state index in [1.807, 2.05) is 4.90 Å². The molecule has 3 aromatic rings. The molecular formula is C33H38ClFN4O5. The van der Waals surface area contributed by atoms with E-state index in [-0.39, 0.29) is 48.3 Å². The fraction of sp³-hybridized carbons (Fsp3) is 0.394. The predicted molar refractivity (Wildman–Crippen MR) is 168 cm³/mol. The Hall–Kier alpha value is -4.18. The van der Waals surface area contributed by atoms with E-state index in [2.05, 4.69) is 4.98 Å². The van der Waals surface area contributed by atoms with Gasteiger partial charge in [-0.1, -0.05) is 23.7 Å². The number of anilines is 2. The van der Waals surface area contributed by atoms with Crippen LogP contribution in [0, 0.1) is 5.82 Å². The van der Waals surface area contributed by atoms with Gasteiger partial charge in [0.05, 0.1) is 17.9 Å². The Kier molecular flexibility index (Phi) is 11.2. The molecule has 1 aliphatic heterocycles. The first-order valence-electron chi connectivity index (χ1n) is 14.7. The molecule has 1 saturated heterocycles. The number of benzene rings is 2. The van der Waals surface area contributed by atoms with Crippen molar-refractivity contribution in [1.29, 1.82) is 0 Å². The van der Waals surface area contributed by atoms with Crippen LogP contribution < -0.4 is 14.5 Å². The van der Waals surface area contributed by atoms with E-state index in [4.69, 9.17) is 21.1 Å². The topological polar surface area (TPSA) is 92.3 Å². The molecule has 0 saturated carbocycles. The maximum atomic E-state index is 14.9. The summed E-state index contributed by atoms with van der Waals surface area (Å²) in [5.41, 5.74) is 0.194. The van der Waals surface area contributed by atoms with Gasteiger partial charge in [-0.3, -0.25) is 19.5 Å². The molecule has 3 amide bonds. The van der Waals surface area contributed by atoms with Gasteiger partial charge in [0.1, 0.15) is 23.8 Å². The number of para-hydroxylation sites is 1. The number of hydrogen-bond donors (Lipinski definition) is 0. The molecule has 234 valence electrons. The average molecular weight is 625 g/mol. The molecule has 0 atom stereocenters. The highest BCUT2D eigenvalue weighted by molar-refractivity contribution is 6.31. The van der Waals surface area contributed by atoms with E-state index >= 15 is 0 Å². The van der Waals surface area contributed by atoms with Crippen LogP contribution >= 0.6 is 11.6 Å². The number of amides is 3. The number of likely N-dealkylation sites (tertiary alicyclic amines) is 1. The van der Waals surface area contributed by atoms with Gasteiger partial charge in [-0.25, -0.2) is 9.18 Å². The number of hydrogen-bond acceptors (Lipinski definition) is 6. The van der Waals surface area contributed by atoms with Gasteiger partial charge in [-0.05, 0) is 82.5 Å². The third-order valence-corrected chi connectivity index (χ3v) is 7.13. The smallest absolute Gasteiger partial charge is 0.414 e. The summed E-state index contributed by atoms with van der Waals surface area (Å²) in [6.07, 6.45) is 5.22. The van der Waals surface area contributed by atoms with E-state index in [0.717, 1.165) is 25.9 Å². The summed E-state index contributed by atoms with van der Waals surface area (Å²) < 4.78 is 26.4. The van der Waals surface area contributed by atoms with Crippen LogP contribution in [0.15, 0.2) is 67.0 Å². The van der Waals surface area contributed by atoms with E-state index < -0.39 is 23.4 Å². The Morgan fingerprint density at radius 2 is 1.68 bits per heavy atom. The molecule has 0 radical (unpaired) electrons. The molecule has 44 heavy (non-hydrogen) atoms. The highest BCUT2D eigenvalue weighted by Gasteiger charge is 2.25. The molecule has 1 aliphatic rings. The summed E-state index contributed by atoms with van der Waals surface area (Å²) >= 11 is 6.39. The van der Waals surface area contributed by atoms with Crippen LogP contribution in [-0.4, -0.2) is 66.2 Å². The van der Waals surface area contributed by atoms with E-state index in [0.29, 0.717) is 17.9 Å². The van der Waals surface area contributed by atoms with Crippen molar-refractivity contribution in [3.63, 3.8) is 0 Å². The molecule has 2 heterocycles. The number of ether oxygens (including phenoxy) is 2. The molecule has 0 aliphatic carbocycles. The summed E-state index contributed by atoms with van der Waals surface area (Å²) in [6.45, 7) is 7.19. The normalized spacial score (nSPS) is 13.0. The standard InChI is InChI=1S/C33H38ClFN4O5/c1-33(2,3)44-32(42)38(26-12-14-36-15-13-26)19-20-43-27-22-24(21-25(34)23-27)31(41)39(29-10-5-4-9-28(29)35)18-8-11-30(40)37-16-6-7-17-37/h4-5,9-10,12-15,21-23H,6-8,11,16-20H2,1-3H3. The minimum absolute atomic E-state index is 0.0362. The maximum absolute atomic E-state index is 14.9. The fourth-order valence-electron chi connectivity index (χ4n) is 4.86. The summed E-state index contributed by atoms with van der Waals surface area (Å²) in [5.74, 6) is -0.696. The van der Waals surface area contributed by atoms with Crippen LogP contribution in [0.5, 0.6) is 5.75 Å². The first-order valence-corrected chi connectivity index (χ1v) is 15.1. The quantitative estimate of drug-likeness (QED) is 0.235. The zero-order valence-electron chi connectivity index (χ0n) is 25.3. The van der Waals surface area contributed by atoms with Gasteiger partial charge in [0.2, 0.25) is 5.91 Å². The lowest BCUT2D eigenvalue weighted by atomic mass is 10.1. The van der Waals surface area contributed by atoms with Crippen LogP contribution in [0.4, 0.5) is 20.6 Å². The van der Waals surface area contributed by atoms with Gasteiger partial charge >= 0.3 is 6.09 Å². The number of carbonyl (C=O) groups is 3. The lowest BCUT2D eigenvalue weighted by Gasteiger charge is -2.27. The SMILES string of the molecule is CC(C)(C)OC(=O)N(CCOc1cc(Cl)cc(C(=O)N(CCCC(=O)N2CCCC2)c2ccccc2F)c1)c1ccncc1. The summed E-state index contributed by atoms with van der Waals surface area (Å²) in [5, 5.41) is 0.252. The number of pyridine rings is 1. The number of halogens is 2. The molecule has 4 rings (SSSR count). The maximum Gasteiger partial charge on any atom is 0.414 e. The van der Waals surface area contributed by atoms with Crippen molar-refractivity contribution >= 4 is 40.9 Å². The predicted octanol–water partition coefficient (Wildman–Crippen LogP) is 6.74. The van der Waals surface area contributed by atoms with Crippen LogP contribution in [0.1, 0.15) is 56.8 Å². The van der Waals surface area contributed by atoms with Gasteiger partial charge in [0.25, 0.3) is 5.91 Å². The van der Waals surface area contributed by atoms with Gasteiger partial charge in [-0.2, -0.15) is 0 Å². The minimum Gasteiger partial charge on any atom is -0.492 e. The van der Waals surface area contributed by atoms with E-state index in [1.54, 1.807) is 63.5 Å². The van der Waals surface area contributed by atoms with Crippen LogP contribution in [-0.2, 0) is 9.53 Å². The summed E-state index contributed by atoms with van der Waals surface area (Å²) in [6, 6.07) is 14.0. The molecule has 1 aromatic heterocycles. The van der Waals surface area contributed by atoms with Crippen molar-refractivity contribution in [1.82, 2.24) is 9.88 Å². The molecule has 0 N–H and O–H groups in total. The Labute approximate surface area is 262 Å². The minimum atomic E-state index is -0.697. The van der Waals surface area contributed by atoms with Gasteiger partial charge < -0.3 is 19.3 Å². The van der Waals surface area contributed by atoms with Crippen molar-refractivity contribution < 1.29 is 28.2 Å². The van der Waals surface area contributed by atoms with Gasteiger partial charge in [0, 0.05) is 49.0 Å². The molecule has 9 nitrogen and oxygen atoms in total. The number of carbonyl (C=O) groups excluding carboxylic acids is 3. The monoisotopic (exact) mass is 624 g/mol. The van der Waals surface area contributed by atoms with Crippen molar-refractivity contribution in [3.8, 4) is 5.75 Å². The highest BCUT2D eigenvalue weighted by Crippen LogP contribution is 2.27. The lowest BCUT2D eigenvalue weighted by Crippen LogP contribution is -2.39. The second-order valence-corrected chi connectivity index (χ2v) is 11.9. The number of aromatic nitrogens is 1. The van der Waals surface area contributed by atoms with Crippen LogP contribution in [0.25, 0.3) is 0 Å². The lowest BCUT2D eigenvalue weighted by molar-refractivity contribution is -0.130. The fourth-order valence-corrected chi connectivity index (χ4v) is 5.09. The summed E-state index contributed by atoms with van der Waals surface area (Å²) in [7, 11) is 0. The largest absolute Gasteiger partial charge is 0.492 e. The third-order valence-electron chi connectivity index (χ3n) is 6.91. The van der Waals surface area contributed by atoms with E-state index in [1.165, 1.54) is 34.1 Å². The van der Waals surface area contributed by atoms with Gasteiger partial charge in [-0.15, -0.1) is 0 Å². The Morgan fingerprint density at radius 1 is 0.977 bits per heavy atom. The second-order valence-electron chi connectivity index (χ2n) is 11.5. The second kappa shape index (κ2) is 15.0. The first kappa shape index (κ1) is 32.7. The highest BCUT2D eigenvalue weighted by atomic mass is 35.5. The zero-order valence-corrected chi connectivity index (χ0v) is 26.1. The number of nitrogens with zero attached hydrogens (tertiary/aromatic N) is 4. The third kappa shape index (κ3) is 9.16. The molecular weight excluding hydrogens is 587 g/mol. The zero-order chi connectivity index (χ0) is 31.7. The van der Waals surface area contributed by atoms with Crippen molar-refractivity contribution in [3.05, 3.63) is 83.4 Å². The van der Waals surface area contributed by atoms with Gasteiger partial charge in [0.15, 0.2) is 0 Å². The van der Waals surface area contributed by atoms with Crippen LogP contribution in [0.2, 0.25) is 5.02 Å². The number of rotatable bonds is 11. The molecule has 1 fully saturated rings. The van der Waals surface area contributed by atoms with Crippen molar-refractivity contribution in [2.75, 3.05) is 42.6 Å². The molecule has 0 bridgehead atoms. The molecule has 11 heteroatoms. The Bertz CT molecular complexity index is 1440. The summed E-state index contributed by atoms with van der Waals surface area (Å²) in [4.78, 5) is 47.9. The Balaban J connectivity index is 1.48. The van der Waals surface area contributed by atoms with E-state index in [9.17, 15) is 18.8 Å². The molecule has 0 unspecified atom stereocenters. The molecule has 2 aromatic carbocycles. The van der Waals surface area contributed by atoms with Crippen molar-refractivity contribution in [2.24, 2.45) is 0 Å². The van der Waals surface area contributed by atoms with Crippen LogP contribution in [0.3, 0.4) is 0 Å². The van der Waals surface area contributed by atoms with Crippen molar-refractivity contribution in [2.45, 2.75) is 52.1 Å². The first-order chi connectivity index (χ1) is 21.0. The Morgan fingerprint density at radius 3 is 2.36 bits per heavy atom. The average Bonchev–Trinajstić information content (AvgIpc) is 3.52.